The molecule has 2 fully saturated rings. The second-order valence-corrected chi connectivity index (χ2v) is 10.0. The molecule has 160 valence electrons. The Morgan fingerprint density at radius 1 is 1.23 bits per heavy atom. The number of primary sulfonamides is 1. The van der Waals surface area contributed by atoms with Crippen LogP contribution in [0.5, 0.6) is 0 Å². The van der Waals surface area contributed by atoms with Gasteiger partial charge in [-0.05, 0) is 30.4 Å². The van der Waals surface area contributed by atoms with Crippen molar-refractivity contribution in [2.75, 3.05) is 31.2 Å². The number of alkyl halides is 2. The highest BCUT2D eigenvalue weighted by molar-refractivity contribution is 7.89. The third kappa shape index (κ3) is 3.25. The van der Waals surface area contributed by atoms with Gasteiger partial charge in [-0.15, -0.1) is 0 Å². The molecule has 0 saturated carbocycles. The molecule has 2 aliphatic rings. The molecule has 0 bridgehead atoms. The van der Waals surface area contributed by atoms with Crippen molar-refractivity contribution < 1.29 is 21.9 Å². The van der Waals surface area contributed by atoms with Crippen LogP contribution in [0.3, 0.4) is 0 Å². The molecule has 2 N–H and O–H groups in total. The summed E-state index contributed by atoms with van der Waals surface area (Å²) >= 11 is 0.813. The van der Waals surface area contributed by atoms with Gasteiger partial charge < -0.3 is 9.64 Å². The fourth-order valence-corrected chi connectivity index (χ4v) is 5.16. The number of sulfonamides is 1. The van der Waals surface area contributed by atoms with Crippen LogP contribution >= 0.6 is 11.5 Å². The highest BCUT2D eigenvalue weighted by Crippen LogP contribution is 2.40. The van der Waals surface area contributed by atoms with Gasteiger partial charge in [-0.1, -0.05) is 0 Å². The summed E-state index contributed by atoms with van der Waals surface area (Å²) < 4.78 is 60.7. The van der Waals surface area contributed by atoms with Crippen molar-refractivity contribution in [3.05, 3.63) is 24.2 Å². The average Bonchev–Trinajstić information content (AvgIpc) is 3.32. The first-order chi connectivity index (χ1) is 14.3. The Bertz CT molecular complexity index is 1210. The van der Waals surface area contributed by atoms with Crippen LogP contribution in [0.2, 0.25) is 0 Å². The number of hydrogen-bond acceptors (Lipinski definition) is 8. The Kier molecular flexibility index (Phi) is 4.54. The summed E-state index contributed by atoms with van der Waals surface area (Å²) in [7, 11) is -4.00. The maximum Gasteiger partial charge on any atom is 0.298 e. The Labute approximate surface area is 174 Å². The fourth-order valence-electron chi connectivity index (χ4n) is 3.92. The summed E-state index contributed by atoms with van der Waals surface area (Å²) in [4.78, 5) is 5.86. The molecule has 0 atom stereocenters. The van der Waals surface area contributed by atoms with Crippen molar-refractivity contribution in [2.24, 2.45) is 10.6 Å². The topological polar surface area (TPSA) is 116 Å². The van der Waals surface area contributed by atoms with Gasteiger partial charge in [0.15, 0.2) is 0 Å². The Morgan fingerprint density at radius 2 is 1.97 bits per heavy atom. The minimum Gasteiger partial charge on any atom is -0.380 e. The first-order valence-electron chi connectivity index (χ1n) is 9.25. The summed E-state index contributed by atoms with van der Waals surface area (Å²) in [6.45, 7) is 2.94. The molecular formula is C17H18F2N6O3S2. The zero-order chi connectivity index (χ0) is 21.1. The van der Waals surface area contributed by atoms with E-state index in [1.54, 1.807) is 4.52 Å². The van der Waals surface area contributed by atoms with Crippen molar-refractivity contribution in [1.82, 2.24) is 19.0 Å². The van der Waals surface area contributed by atoms with Crippen LogP contribution in [0.25, 0.3) is 16.1 Å². The number of halogens is 2. The van der Waals surface area contributed by atoms with E-state index in [1.807, 2.05) is 0 Å². The van der Waals surface area contributed by atoms with Gasteiger partial charge >= 0.3 is 0 Å². The molecule has 0 amide bonds. The number of hydrogen-bond donors (Lipinski definition) is 1. The molecule has 3 aromatic heterocycles. The second-order valence-electron chi connectivity index (χ2n) is 7.69. The molecule has 0 aliphatic carbocycles. The van der Waals surface area contributed by atoms with Gasteiger partial charge in [0.05, 0.1) is 35.4 Å². The van der Waals surface area contributed by atoms with E-state index in [9.17, 15) is 17.2 Å². The van der Waals surface area contributed by atoms with Gasteiger partial charge in [0.2, 0.25) is 15.8 Å². The molecular weight excluding hydrogens is 438 g/mol. The highest BCUT2D eigenvalue weighted by atomic mass is 32.2. The Morgan fingerprint density at radius 3 is 2.53 bits per heavy atom. The van der Waals surface area contributed by atoms with Crippen molar-refractivity contribution in [3.8, 4) is 10.6 Å². The van der Waals surface area contributed by atoms with Gasteiger partial charge in [-0.2, -0.15) is 9.47 Å². The lowest BCUT2D eigenvalue weighted by atomic mass is 9.77. The van der Waals surface area contributed by atoms with Crippen molar-refractivity contribution in [1.29, 1.82) is 0 Å². The van der Waals surface area contributed by atoms with Crippen LogP contribution < -0.4 is 10.0 Å². The largest absolute Gasteiger partial charge is 0.380 e. The predicted molar refractivity (Wildman–Crippen MR) is 105 cm³/mol. The van der Waals surface area contributed by atoms with Gasteiger partial charge in [-0.3, -0.25) is 0 Å². The maximum atomic E-state index is 12.9. The van der Waals surface area contributed by atoms with Gasteiger partial charge in [0.1, 0.15) is 10.8 Å². The second kappa shape index (κ2) is 6.90. The summed E-state index contributed by atoms with van der Waals surface area (Å²) in [6.07, 6.45) is 0.544. The van der Waals surface area contributed by atoms with E-state index in [4.69, 9.17) is 9.88 Å². The molecule has 2 aliphatic heterocycles. The number of nitrogens with zero attached hydrogens (tertiary/aromatic N) is 5. The number of piperidine rings is 1. The van der Waals surface area contributed by atoms with Crippen molar-refractivity contribution >= 4 is 32.9 Å². The van der Waals surface area contributed by atoms with E-state index in [2.05, 4.69) is 19.4 Å². The number of anilines is 1. The van der Waals surface area contributed by atoms with E-state index < -0.39 is 22.3 Å². The lowest BCUT2D eigenvalue weighted by molar-refractivity contribution is -0.124. The molecule has 0 unspecified atom stereocenters. The molecule has 2 saturated heterocycles. The van der Waals surface area contributed by atoms with Crippen LogP contribution in [0.15, 0.2) is 23.2 Å². The minimum absolute atomic E-state index is 0.0717. The molecule has 9 nitrogen and oxygen atoms in total. The van der Waals surface area contributed by atoms with E-state index in [1.165, 1.54) is 18.3 Å². The van der Waals surface area contributed by atoms with Crippen molar-refractivity contribution in [3.63, 3.8) is 0 Å². The predicted octanol–water partition coefficient (Wildman–Crippen LogP) is 2.05. The highest BCUT2D eigenvalue weighted by Gasteiger charge is 2.41. The minimum atomic E-state index is -4.00. The van der Waals surface area contributed by atoms with Gasteiger partial charge in [-0.25, -0.2) is 31.8 Å². The zero-order valence-corrected chi connectivity index (χ0v) is 17.3. The number of pyridine rings is 1. The van der Waals surface area contributed by atoms with E-state index in [0.717, 1.165) is 50.7 Å². The summed E-state index contributed by atoms with van der Waals surface area (Å²) in [5.74, 6) is 0.0117. The molecule has 30 heavy (non-hydrogen) atoms. The monoisotopic (exact) mass is 456 g/mol. The van der Waals surface area contributed by atoms with E-state index in [0.29, 0.717) is 16.9 Å². The van der Waals surface area contributed by atoms with Crippen LogP contribution in [0.1, 0.15) is 25.1 Å². The third-order valence-corrected chi connectivity index (χ3v) is 7.39. The molecule has 0 aromatic carbocycles. The molecule has 13 heteroatoms. The summed E-state index contributed by atoms with van der Waals surface area (Å²) in [6, 6.07) is 2.88. The molecule has 3 aromatic rings. The third-order valence-electron chi connectivity index (χ3n) is 5.73. The number of nitrogens with two attached hydrogens (primary N) is 1. The normalized spacial score (nSPS) is 19.0. The molecule has 5 rings (SSSR count). The molecule has 0 radical (unpaired) electrons. The molecule has 1 spiro atoms. The summed E-state index contributed by atoms with van der Waals surface area (Å²) in [5.41, 5.74) is 1.05. The van der Waals surface area contributed by atoms with E-state index >= 15 is 0 Å². The first-order valence-corrected chi connectivity index (χ1v) is 11.6. The lowest BCUT2D eigenvalue weighted by Crippen LogP contribution is -2.51. The van der Waals surface area contributed by atoms with Crippen LogP contribution in [-0.2, 0) is 14.8 Å². The molecule has 5 heterocycles. The number of fused-ring (bicyclic) bond motifs is 1. The van der Waals surface area contributed by atoms with Crippen LogP contribution in [0.4, 0.5) is 14.6 Å². The Balaban J connectivity index is 1.60. The zero-order valence-electron chi connectivity index (χ0n) is 15.7. The lowest BCUT2D eigenvalue weighted by Gasteiger charge is -2.47. The van der Waals surface area contributed by atoms with Crippen molar-refractivity contribution in [2.45, 2.75) is 24.2 Å². The Hall–Kier alpha value is -2.22. The average molecular weight is 456 g/mol. The maximum absolute atomic E-state index is 12.9. The van der Waals surface area contributed by atoms with E-state index in [-0.39, 0.29) is 15.3 Å². The number of rotatable bonds is 4. The fraction of sp³-hybridized carbons (Fsp3) is 0.471. The van der Waals surface area contributed by atoms with Gasteiger partial charge in [0, 0.05) is 24.6 Å². The number of ether oxygens (including phenoxy) is 1. The SMILES string of the molecule is NS(=O)(=O)c1cc(N2CCC3(CC2)COC3)n2ncc(-c3nc(C(F)F)ns3)c2c1. The van der Waals surface area contributed by atoms with Gasteiger partial charge in [0.25, 0.3) is 6.43 Å². The number of aromatic nitrogens is 4. The summed E-state index contributed by atoms with van der Waals surface area (Å²) in [5, 5.41) is 10.0. The van der Waals surface area contributed by atoms with Crippen LogP contribution in [0, 0.1) is 5.41 Å². The quantitative estimate of drug-likeness (QED) is 0.639. The first kappa shape index (κ1) is 19.7. The smallest absolute Gasteiger partial charge is 0.298 e. The van der Waals surface area contributed by atoms with Crippen LogP contribution in [-0.4, -0.2) is 53.7 Å². The standard InChI is InChI=1S/C17H18F2N6O3S2/c18-14(19)15-22-16(29-23-15)11-7-21-25-12(11)5-10(30(20,26)27)6-13(25)24-3-1-17(2-4-24)8-28-9-17/h5-7,14H,1-4,8-9H2,(H2,20,26,27).